The summed E-state index contributed by atoms with van der Waals surface area (Å²) in [7, 11) is 0. The number of benzene rings is 2. The van der Waals surface area contributed by atoms with Crippen LogP contribution in [0.25, 0.3) is 16.8 Å². The molecule has 84 valence electrons. The highest BCUT2D eigenvalue weighted by Crippen LogP contribution is 2.18. The van der Waals surface area contributed by atoms with Crippen LogP contribution >= 0.6 is 0 Å². The SMILES string of the molecule is Cc1ccc2oc(=O)n(-c3ccccc3)c2c1. The monoisotopic (exact) mass is 225 g/mol. The summed E-state index contributed by atoms with van der Waals surface area (Å²) in [5.74, 6) is -0.350. The Hall–Kier alpha value is -2.29. The molecular formula is C14H11NO2. The standard InChI is InChI=1S/C14H11NO2/c1-10-7-8-13-12(9-10)15(14(16)17-13)11-5-3-2-4-6-11/h2-9H,1H3. The molecule has 0 unspecified atom stereocenters. The number of hydrogen-bond acceptors (Lipinski definition) is 2. The van der Waals surface area contributed by atoms with Crippen molar-refractivity contribution in [3.8, 4) is 5.69 Å². The van der Waals surface area contributed by atoms with Gasteiger partial charge >= 0.3 is 5.76 Å². The normalized spacial score (nSPS) is 10.9. The molecule has 0 atom stereocenters. The van der Waals surface area contributed by atoms with Crippen LogP contribution in [0.2, 0.25) is 0 Å². The van der Waals surface area contributed by atoms with E-state index in [0.29, 0.717) is 5.58 Å². The number of oxazole rings is 1. The molecule has 0 N–H and O–H groups in total. The summed E-state index contributed by atoms with van der Waals surface area (Å²) in [6.07, 6.45) is 0. The summed E-state index contributed by atoms with van der Waals surface area (Å²) in [6, 6.07) is 15.2. The summed E-state index contributed by atoms with van der Waals surface area (Å²) in [6.45, 7) is 1.99. The quantitative estimate of drug-likeness (QED) is 0.638. The Morgan fingerprint density at radius 1 is 1.06 bits per heavy atom. The van der Waals surface area contributed by atoms with E-state index in [2.05, 4.69) is 0 Å². The molecule has 0 radical (unpaired) electrons. The maximum absolute atomic E-state index is 11.8. The van der Waals surface area contributed by atoms with E-state index in [1.54, 1.807) is 4.57 Å². The summed E-state index contributed by atoms with van der Waals surface area (Å²) >= 11 is 0. The molecule has 0 saturated carbocycles. The number of hydrogen-bond donors (Lipinski definition) is 0. The van der Waals surface area contributed by atoms with Crippen LogP contribution in [0.15, 0.2) is 57.7 Å². The second kappa shape index (κ2) is 3.63. The van der Waals surface area contributed by atoms with Gasteiger partial charge in [0.2, 0.25) is 0 Å². The van der Waals surface area contributed by atoms with Gasteiger partial charge in [-0.3, -0.25) is 0 Å². The van der Waals surface area contributed by atoms with Crippen LogP contribution in [0.4, 0.5) is 0 Å². The van der Waals surface area contributed by atoms with Gasteiger partial charge in [0, 0.05) is 0 Å². The second-order valence-corrected chi connectivity index (χ2v) is 4.01. The Kier molecular flexibility index (Phi) is 2.11. The fraction of sp³-hybridized carbons (Fsp3) is 0.0714. The van der Waals surface area contributed by atoms with Gasteiger partial charge in [0.05, 0.1) is 11.2 Å². The van der Waals surface area contributed by atoms with Gasteiger partial charge in [-0.25, -0.2) is 9.36 Å². The van der Waals surface area contributed by atoms with E-state index in [0.717, 1.165) is 16.8 Å². The average Bonchev–Trinajstić information content (AvgIpc) is 2.65. The van der Waals surface area contributed by atoms with Crippen molar-refractivity contribution >= 4 is 11.1 Å². The molecule has 0 bridgehead atoms. The summed E-state index contributed by atoms with van der Waals surface area (Å²) < 4.78 is 6.80. The van der Waals surface area contributed by atoms with E-state index in [1.165, 1.54) is 0 Å². The van der Waals surface area contributed by atoms with Gasteiger partial charge in [-0.2, -0.15) is 0 Å². The number of rotatable bonds is 1. The molecule has 3 heteroatoms. The van der Waals surface area contributed by atoms with Gasteiger partial charge < -0.3 is 4.42 Å². The van der Waals surface area contributed by atoms with E-state index in [1.807, 2.05) is 55.5 Å². The fourth-order valence-electron chi connectivity index (χ4n) is 1.95. The van der Waals surface area contributed by atoms with Gasteiger partial charge in [0.15, 0.2) is 5.58 Å². The van der Waals surface area contributed by atoms with Gasteiger partial charge in [0.1, 0.15) is 0 Å². The van der Waals surface area contributed by atoms with Crippen molar-refractivity contribution in [3.05, 3.63) is 64.6 Å². The number of nitrogens with zero attached hydrogens (tertiary/aromatic N) is 1. The molecular weight excluding hydrogens is 214 g/mol. The maximum Gasteiger partial charge on any atom is 0.424 e. The highest BCUT2D eigenvalue weighted by Gasteiger charge is 2.10. The van der Waals surface area contributed by atoms with Gasteiger partial charge in [0.25, 0.3) is 0 Å². The summed E-state index contributed by atoms with van der Waals surface area (Å²) in [4.78, 5) is 11.8. The van der Waals surface area contributed by atoms with Crippen LogP contribution in [0, 0.1) is 6.92 Å². The Labute approximate surface area is 97.9 Å². The summed E-state index contributed by atoms with van der Waals surface area (Å²) in [5.41, 5.74) is 3.34. The lowest BCUT2D eigenvalue weighted by Gasteiger charge is -2.01. The predicted octanol–water partition coefficient (Wildman–Crippen LogP) is 2.89. The second-order valence-electron chi connectivity index (χ2n) is 4.01. The first-order valence-corrected chi connectivity index (χ1v) is 5.43. The molecule has 17 heavy (non-hydrogen) atoms. The molecule has 1 aromatic heterocycles. The lowest BCUT2D eigenvalue weighted by Crippen LogP contribution is -2.11. The van der Waals surface area contributed by atoms with E-state index in [4.69, 9.17) is 4.42 Å². The third-order valence-electron chi connectivity index (χ3n) is 2.75. The largest absolute Gasteiger partial charge is 0.424 e. The molecule has 0 aliphatic carbocycles. The Morgan fingerprint density at radius 2 is 1.82 bits per heavy atom. The van der Waals surface area contributed by atoms with Crippen molar-refractivity contribution < 1.29 is 4.42 Å². The molecule has 0 aliphatic heterocycles. The fourth-order valence-corrected chi connectivity index (χ4v) is 1.95. The average molecular weight is 225 g/mol. The number of aromatic nitrogens is 1. The molecule has 0 amide bonds. The van der Waals surface area contributed by atoms with Crippen LogP contribution in [0.1, 0.15) is 5.56 Å². The molecule has 3 rings (SSSR count). The van der Waals surface area contributed by atoms with Crippen molar-refractivity contribution in [2.75, 3.05) is 0 Å². The first kappa shape index (κ1) is 9.90. The topological polar surface area (TPSA) is 35.1 Å². The lowest BCUT2D eigenvalue weighted by atomic mass is 10.2. The van der Waals surface area contributed by atoms with Gasteiger partial charge in [-0.15, -0.1) is 0 Å². The zero-order valence-corrected chi connectivity index (χ0v) is 9.38. The third kappa shape index (κ3) is 1.56. The van der Waals surface area contributed by atoms with Crippen molar-refractivity contribution in [3.63, 3.8) is 0 Å². The summed E-state index contributed by atoms with van der Waals surface area (Å²) in [5, 5.41) is 0. The lowest BCUT2D eigenvalue weighted by molar-refractivity contribution is 0.540. The van der Waals surface area contributed by atoms with Gasteiger partial charge in [-0.05, 0) is 36.8 Å². The molecule has 1 heterocycles. The zero-order chi connectivity index (χ0) is 11.8. The van der Waals surface area contributed by atoms with E-state index >= 15 is 0 Å². The van der Waals surface area contributed by atoms with Crippen LogP contribution < -0.4 is 5.76 Å². The minimum absolute atomic E-state index is 0.350. The molecule has 0 aliphatic rings. The van der Waals surface area contributed by atoms with Crippen molar-refractivity contribution in [1.82, 2.24) is 4.57 Å². The molecule has 3 nitrogen and oxygen atoms in total. The van der Waals surface area contributed by atoms with Crippen LogP contribution in [-0.2, 0) is 0 Å². The van der Waals surface area contributed by atoms with Crippen molar-refractivity contribution in [2.45, 2.75) is 6.92 Å². The minimum Gasteiger partial charge on any atom is -0.407 e. The number of fused-ring (bicyclic) bond motifs is 1. The molecule has 3 aromatic rings. The van der Waals surface area contributed by atoms with Gasteiger partial charge in [-0.1, -0.05) is 24.3 Å². The Morgan fingerprint density at radius 3 is 2.59 bits per heavy atom. The van der Waals surface area contributed by atoms with E-state index < -0.39 is 0 Å². The maximum atomic E-state index is 11.8. The zero-order valence-electron chi connectivity index (χ0n) is 9.38. The highest BCUT2D eigenvalue weighted by atomic mass is 16.4. The Bertz CT molecular complexity index is 723. The van der Waals surface area contributed by atoms with E-state index in [-0.39, 0.29) is 5.76 Å². The number of para-hydroxylation sites is 1. The van der Waals surface area contributed by atoms with Crippen LogP contribution in [-0.4, -0.2) is 4.57 Å². The van der Waals surface area contributed by atoms with Crippen molar-refractivity contribution in [2.24, 2.45) is 0 Å². The smallest absolute Gasteiger partial charge is 0.407 e. The van der Waals surface area contributed by atoms with E-state index in [9.17, 15) is 4.79 Å². The highest BCUT2D eigenvalue weighted by molar-refractivity contribution is 5.75. The third-order valence-corrected chi connectivity index (χ3v) is 2.75. The predicted molar refractivity (Wildman–Crippen MR) is 66.5 cm³/mol. The molecule has 0 saturated heterocycles. The van der Waals surface area contributed by atoms with Crippen molar-refractivity contribution in [1.29, 1.82) is 0 Å². The van der Waals surface area contributed by atoms with Crippen LogP contribution in [0.3, 0.4) is 0 Å². The minimum atomic E-state index is -0.350. The first-order chi connectivity index (χ1) is 8.25. The molecule has 2 aromatic carbocycles. The number of aryl methyl sites for hydroxylation is 1. The molecule has 0 spiro atoms. The molecule has 0 fully saturated rings. The Balaban J connectivity index is 2.40. The van der Waals surface area contributed by atoms with Crippen LogP contribution in [0.5, 0.6) is 0 Å². The first-order valence-electron chi connectivity index (χ1n) is 5.43.